The summed E-state index contributed by atoms with van der Waals surface area (Å²) in [6.45, 7) is 3.82. The second-order valence-corrected chi connectivity index (χ2v) is 6.65. The van der Waals surface area contributed by atoms with Crippen LogP contribution in [0.1, 0.15) is 26.2 Å². The first-order valence-electron chi connectivity index (χ1n) is 7.07. The Morgan fingerprint density at radius 2 is 2.15 bits per heavy atom. The summed E-state index contributed by atoms with van der Waals surface area (Å²) in [7, 11) is -3.45. The maximum absolute atomic E-state index is 12.2. The van der Waals surface area contributed by atoms with E-state index in [1.807, 2.05) is 13.0 Å². The van der Waals surface area contributed by atoms with Crippen LogP contribution in [0.5, 0.6) is 0 Å². The van der Waals surface area contributed by atoms with E-state index < -0.39 is 10.0 Å². The number of rotatable bonds is 7. The summed E-state index contributed by atoms with van der Waals surface area (Å²) in [5.74, 6) is 0. The fourth-order valence-electron chi connectivity index (χ4n) is 2.19. The second kappa shape index (κ2) is 7.06. The second-order valence-electron chi connectivity index (χ2n) is 4.91. The third kappa shape index (κ3) is 3.94. The number of para-hydroxylation sites is 1. The summed E-state index contributed by atoms with van der Waals surface area (Å²) < 4.78 is 32.6. The molecule has 0 aliphatic carbocycles. The van der Waals surface area contributed by atoms with Crippen LogP contribution in [0.15, 0.2) is 29.2 Å². The van der Waals surface area contributed by atoms with Gasteiger partial charge in [-0.15, -0.1) is 0 Å². The van der Waals surface area contributed by atoms with Crippen LogP contribution in [-0.2, 0) is 14.8 Å². The van der Waals surface area contributed by atoms with E-state index >= 15 is 0 Å². The van der Waals surface area contributed by atoms with Gasteiger partial charge in [-0.05, 0) is 31.4 Å². The van der Waals surface area contributed by atoms with Crippen molar-refractivity contribution in [1.29, 1.82) is 0 Å². The molecule has 1 fully saturated rings. The van der Waals surface area contributed by atoms with Crippen LogP contribution in [0.25, 0.3) is 0 Å². The Labute approximate surface area is 120 Å². The van der Waals surface area contributed by atoms with E-state index in [0.717, 1.165) is 25.9 Å². The van der Waals surface area contributed by atoms with Crippen molar-refractivity contribution in [3.8, 4) is 0 Å². The molecule has 0 radical (unpaired) electrons. The normalized spacial score (nSPS) is 19.1. The molecule has 0 spiro atoms. The van der Waals surface area contributed by atoms with Crippen LogP contribution in [0.2, 0.25) is 0 Å². The molecule has 6 heteroatoms. The van der Waals surface area contributed by atoms with Crippen molar-refractivity contribution in [1.82, 2.24) is 4.72 Å². The molecule has 2 N–H and O–H groups in total. The van der Waals surface area contributed by atoms with Crippen LogP contribution in [0.3, 0.4) is 0 Å². The molecule has 5 nitrogen and oxygen atoms in total. The van der Waals surface area contributed by atoms with Gasteiger partial charge in [0.1, 0.15) is 4.90 Å². The van der Waals surface area contributed by atoms with Gasteiger partial charge in [0.25, 0.3) is 0 Å². The predicted octanol–water partition coefficient (Wildman–Crippen LogP) is 1.97. The van der Waals surface area contributed by atoms with Crippen LogP contribution in [-0.4, -0.2) is 34.2 Å². The summed E-state index contributed by atoms with van der Waals surface area (Å²) >= 11 is 0. The molecule has 1 atom stereocenters. The maximum Gasteiger partial charge on any atom is 0.242 e. The number of benzene rings is 1. The lowest BCUT2D eigenvalue weighted by Gasteiger charge is -2.15. The van der Waals surface area contributed by atoms with Crippen molar-refractivity contribution in [2.45, 2.75) is 37.2 Å². The molecule has 1 heterocycles. The molecule has 1 aliphatic rings. The van der Waals surface area contributed by atoms with E-state index in [1.54, 1.807) is 18.2 Å². The molecule has 1 aromatic rings. The molecule has 1 saturated heterocycles. The zero-order valence-corrected chi connectivity index (χ0v) is 12.6. The van der Waals surface area contributed by atoms with Crippen LogP contribution < -0.4 is 10.0 Å². The molecule has 2 rings (SSSR count). The quantitative estimate of drug-likeness (QED) is 0.807. The number of ether oxygens (including phenoxy) is 1. The van der Waals surface area contributed by atoms with E-state index in [2.05, 4.69) is 10.0 Å². The highest BCUT2D eigenvalue weighted by molar-refractivity contribution is 7.89. The van der Waals surface area contributed by atoms with Gasteiger partial charge < -0.3 is 10.1 Å². The number of anilines is 1. The van der Waals surface area contributed by atoms with Gasteiger partial charge in [0.05, 0.1) is 11.8 Å². The predicted molar refractivity (Wildman–Crippen MR) is 79.4 cm³/mol. The Bertz CT molecular complexity index is 525. The highest BCUT2D eigenvalue weighted by atomic mass is 32.2. The van der Waals surface area contributed by atoms with E-state index in [0.29, 0.717) is 23.7 Å². The Morgan fingerprint density at radius 1 is 1.35 bits per heavy atom. The minimum Gasteiger partial charge on any atom is -0.381 e. The van der Waals surface area contributed by atoms with Gasteiger partial charge in [0, 0.05) is 19.7 Å². The number of hydrogen-bond acceptors (Lipinski definition) is 4. The fraction of sp³-hybridized carbons (Fsp3) is 0.571. The zero-order valence-electron chi connectivity index (χ0n) is 11.8. The molecule has 1 aliphatic heterocycles. The molecule has 1 aromatic carbocycles. The van der Waals surface area contributed by atoms with Crippen molar-refractivity contribution >= 4 is 15.7 Å². The number of nitrogens with one attached hydrogen (secondary N) is 2. The first-order chi connectivity index (χ1) is 9.63. The van der Waals surface area contributed by atoms with Gasteiger partial charge in [0.2, 0.25) is 10.0 Å². The summed E-state index contributed by atoms with van der Waals surface area (Å²) in [6, 6.07) is 6.97. The lowest BCUT2D eigenvalue weighted by molar-refractivity contribution is 0.120. The summed E-state index contributed by atoms with van der Waals surface area (Å²) in [4.78, 5) is 0.298. The highest BCUT2D eigenvalue weighted by Crippen LogP contribution is 2.21. The van der Waals surface area contributed by atoms with Crippen molar-refractivity contribution < 1.29 is 13.2 Å². The molecular formula is C14H22N2O3S. The molecule has 20 heavy (non-hydrogen) atoms. The molecule has 0 amide bonds. The first kappa shape index (κ1) is 15.3. The van der Waals surface area contributed by atoms with E-state index in [-0.39, 0.29) is 6.10 Å². The topological polar surface area (TPSA) is 67.4 Å². The minimum absolute atomic E-state index is 0.175. The highest BCUT2D eigenvalue weighted by Gasteiger charge is 2.19. The van der Waals surface area contributed by atoms with Gasteiger partial charge in [0.15, 0.2) is 0 Å². The van der Waals surface area contributed by atoms with Crippen LogP contribution >= 0.6 is 0 Å². The minimum atomic E-state index is -3.45. The molecular weight excluding hydrogens is 276 g/mol. The van der Waals surface area contributed by atoms with Crippen molar-refractivity contribution in [3.63, 3.8) is 0 Å². The van der Waals surface area contributed by atoms with Gasteiger partial charge in [-0.1, -0.05) is 19.1 Å². The number of hydrogen-bond donors (Lipinski definition) is 2. The summed E-state index contributed by atoms with van der Waals surface area (Å²) in [5.41, 5.74) is 0.631. The molecule has 1 unspecified atom stereocenters. The third-order valence-corrected chi connectivity index (χ3v) is 4.78. The third-order valence-electron chi connectivity index (χ3n) is 3.26. The van der Waals surface area contributed by atoms with E-state index in [1.165, 1.54) is 0 Å². The smallest absolute Gasteiger partial charge is 0.242 e. The van der Waals surface area contributed by atoms with E-state index in [4.69, 9.17) is 4.74 Å². The maximum atomic E-state index is 12.2. The van der Waals surface area contributed by atoms with Gasteiger partial charge in [-0.2, -0.15) is 0 Å². The molecule has 0 saturated carbocycles. The average Bonchev–Trinajstić information content (AvgIpc) is 2.96. The molecule has 0 bridgehead atoms. The lowest BCUT2D eigenvalue weighted by Crippen LogP contribution is -2.26. The Balaban J connectivity index is 2.08. The monoisotopic (exact) mass is 298 g/mol. The van der Waals surface area contributed by atoms with Gasteiger partial charge in [-0.3, -0.25) is 0 Å². The summed E-state index contributed by atoms with van der Waals surface area (Å²) in [6.07, 6.45) is 3.04. The van der Waals surface area contributed by atoms with Crippen molar-refractivity contribution in [2.75, 3.05) is 25.0 Å². The van der Waals surface area contributed by atoms with Crippen molar-refractivity contribution in [2.24, 2.45) is 0 Å². The van der Waals surface area contributed by atoms with Crippen molar-refractivity contribution in [3.05, 3.63) is 24.3 Å². The van der Waals surface area contributed by atoms with Crippen LogP contribution in [0.4, 0.5) is 5.69 Å². The van der Waals surface area contributed by atoms with E-state index in [9.17, 15) is 8.42 Å². The molecule has 0 aromatic heterocycles. The Morgan fingerprint density at radius 3 is 2.85 bits per heavy atom. The average molecular weight is 298 g/mol. The SMILES string of the molecule is CCCNS(=O)(=O)c1ccccc1NCC1CCCO1. The zero-order chi connectivity index (χ0) is 14.4. The van der Waals surface area contributed by atoms with Gasteiger partial charge >= 0.3 is 0 Å². The largest absolute Gasteiger partial charge is 0.381 e. The number of sulfonamides is 1. The first-order valence-corrected chi connectivity index (χ1v) is 8.56. The fourth-order valence-corrected chi connectivity index (χ4v) is 3.51. The lowest BCUT2D eigenvalue weighted by atomic mass is 10.2. The Kier molecular flexibility index (Phi) is 5.39. The molecule has 112 valence electrons. The van der Waals surface area contributed by atoms with Gasteiger partial charge in [-0.25, -0.2) is 13.1 Å². The van der Waals surface area contributed by atoms with Crippen LogP contribution in [0, 0.1) is 0 Å². The summed E-state index contributed by atoms with van der Waals surface area (Å²) in [5, 5.41) is 3.19. The standard InChI is InChI=1S/C14H22N2O3S/c1-2-9-16-20(17,18)14-8-4-3-7-13(14)15-11-12-6-5-10-19-12/h3-4,7-8,12,15-16H,2,5-6,9-11H2,1H3. The Hall–Kier alpha value is -1.11.